The summed E-state index contributed by atoms with van der Waals surface area (Å²) in [7, 11) is 1.43. The Morgan fingerprint density at radius 2 is 1.68 bits per heavy atom. The number of aryl methyl sites for hydroxylation is 1. The summed E-state index contributed by atoms with van der Waals surface area (Å²) in [5.41, 5.74) is 4.66. The number of amides is 3. The van der Waals surface area contributed by atoms with Gasteiger partial charge in [-0.15, -0.1) is 11.3 Å². The summed E-state index contributed by atoms with van der Waals surface area (Å²) in [6.45, 7) is 2.06. The number of hydrogen-bond donors (Lipinski definition) is 1. The number of aromatic nitrogens is 1. The normalized spacial score (nSPS) is 13.0. The molecule has 7 heteroatoms. The number of rotatable bonds is 3. The van der Waals surface area contributed by atoms with Gasteiger partial charge in [0.15, 0.2) is 0 Å². The minimum Gasteiger partial charge on any atom is -0.322 e. The van der Waals surface area contributed by atoms with Crippen molar-refractivity contribution in [2.45, 2.75) is 6.92 Å². The summed E-state index contributed by atoms with van der Waals surface area (Å²) in [5.74, 6) is -1.10. The molecule has 5 rings (SSSR count). The highest BCUT2D eigenvalue weighted by atomic mass is 32.1. The van der Waals surface area contributed by atoms with Crippen molar-refractivity contribution in [1.29, 1.82) is 0 Å². The SMILES string of the molecule is Cc1ccc2nc(-c3ccc(NC(=O)c4ccc5c(c4)C(=O)N(C)C5=O)cc3)sc2c1. The number of carbonyl (C=O) groups excluding carboxylic acids is 3. The monoisotopic (exact) mass is 427 g/mol. The smallest absolute Gasteiger partial charge is 0.261 e. The summed E-state index contributed by atoms with van der Waals surface area (Å²) in [5, 5.41) is 3.75. The standard InChI is InChI=1S/C24H17N3O3S/c1-13-3-10-19-20(11-13)31-22(26-19)14-4-7-16(8-5-14)25-21(28)15-6-9-17-18(12-15)24(30)27(2)23(17)29/h3-12H,1-2H3,(H,25,28). The van der Waals surface area contributed by atoms with Crippen molar-refractivity contribution in [3.63, 3.8) is 0 Å². The summed E-state index contributed by atoms with van der Waals surface area (Å²) >= 11 is 1.63. The largest absolute Gasteiger partial charge is 0.322 e. The molecule has 31 heavy (non-hydrogen) atoms. The molecule has 0 saturated carbocycles. The molecule has 3 amide bonds. The van der Waals surface area contributed by atoms with Crippen LogP contribution in [0.5, 0.6) is 0 Å². The molecule has 6 nitrogen and oxygen atoms in total. The minimum atomic E-state index is -0.398. The van der Waals surface area contributed by atoms with Crippen LogP contribution < -0.4 is 5.32 Å². The van der Waals surface area contributed by atoms with Crippen LogP contribution in [-0.2, 0) is 0 Å². The lowest BCUT2D eigenvalue weighted by Gasteiger charge is -2.07. The van der Waals surface area contributed by atoms with E-state index in [1.807, 2.05) is 36.4 Å². The summed E-state index contributed by atoms with van der Waals surface area (Å²) < 4.78 is 1.14. The Kier molecular flexibility index (Phi) is 4.41. The van der Waals surface area contributed by atoms with Crippen LogP contribution in [0.25, 0.3) is 20.8 Å². The van der Waals surface area contributed by atoms with Crippen LogP contribution in [-0.4, -0.2) is 34.7 Å². The van der Waals surface area contributed by atoms with Gasteiger partial charge in [-0.05, 0) is 67.1 Å². The first-order valence-corrected chi connectivity index (χ1v) is 10.5. The molecule has 4 aromatic rings. The van der Waals surface area contributed by atoms with E-state index in [-0.39, 0.29) is 17.4 Å². The first kappa shape index (κ1) is 19.1. The van der Waals surface area contributed by atoms with Crippen LogP contribution >= 0.6 is 11.3 Å². The maximum atomic E-state index is 12.7. The molecule has 0 atom stereocenters. The molecule has 0 saturated heterocycles. The van der Waals surface area contributed by atoms with E-state index in [4.69, 9.17) is 0 Å². The summed E-state index contributed by atoms with van der Waals surface area (Å²) in [6, 6.07) is 18.2. The van der Waals surface area contributed by atoms with Crippen molar-refractivity contribution in [1.82, 2.24) is 9.88 Å². The Morgan fingerprint density at radius 3 is 2.45 bits per heavy atom. The van der Waals surface area contributed by atoms with E-state index in [1.165, 1.54) is 24.7 Å². The predicted molar refractivity (Wildman–Crippen MR) is 121 cm³/mol. The first-order chi connectivity index (χ1) is 14.9. The van der Waals surface area contributed by atoms with Gasteiger partial charge in [-0.2, -0.15) is 0 Å². The van der Waals surface area contributed by atoms with Crippen LogP contribution in [0.1, 0.15) is 36.6 Å². The van der Waals surface area contributed by atoms with E-state index >= 15 is 0 Å². The maximum absolute atomic E-state index is 12.7. The zero-order valence-electron chi connectivity index (χ0n) is 16.8. The van der Waals surface area contributed by atoms with Gasteiger partial charge in [0.25, 0.3) is 17.7 Å². The molecule has 1 aliphatic heterocycles. The van der Waals surface area contributed by atoms with Crippen LogP contribution in [0.2, 0.25) is 0 Å². The fourth-order valence-corrected chi connectivity index (χ4v) is 4.63. The second-order valence-corrected chi connectivity index (χ2v) is 8.48. The molecule has 1 aromatic heterocycles. The van der Waals surface area contributed by atoms with Crippen LogP contribution in [0.3, 0.4) is 0 Å². The molecule has 1 N–H and O–H groups in total. The fraction of sp³-hybridized carbons (Fsp3) is 0.0833. The molecule has 3 aromatic carbocycles. The Morgan fingerprint density at radius 1 is 0.935 bits per heavy atom. The topological polar surface area (TPSA) is 79.4 Å². The molecular formula is C24H17N3O3S. The molecule has 0 radical (unpaired) electrons. The summed E-state index contributed by atoms with van der Waals surface area (Å²) in [6.07, 6.45) is 0. The van der Waals surface area contributed by atoms with Crippen molar-refractivity contribution in [3.05, 3.63) is 82.9 Å². The molecule has 0 unspecified atom stereocenters. The zero-order valence-corrected chi connectivity index (χ0v) is 17.6. The third-order valence-electron chi connectivity index (χ3n) is 5.29. The van der Waals surface area contributed by atoms with Gasteiger partial charge in [0.05, 0.1) is 21.3 Å². The second-order valence-electron chi connectivity index (χ2n) is 7.45. The van der Waals surface area contributed by atoms with Gasteiger partial charge >= 0.3 is 0 Å². The van der Waals surface area contributed by atoms with E-state index < -0.39 is 5.91 Å². The average Bonchev–Trinajstić information content (AvgIpc) is 3.29. The average molecular weight is 427 g/mol. The Bertz CT molecular complexity index is 1390. The van der Waals surface area contributed by atoms with E-state index in [2.05, 4.69) is 23.3 Å². The van der Waals surface area contributed by atoms with Gasteiger partial charge in [0.2, 0.25) is 0 Å². The van der Waals surface area contributed by atoms with Gasteiger partial charge in [-0.25, -0.2) is 4.98 Å². The maximum Gasteiger partial charge on any atom is 0.261 e. The molecule has 0 spiro atoms. The van der Waals surface area contributed by atoms with Gasteiger partial charge in [-0.3, -0.25) is 19.3 Å². The van der Waals surface area contributed by atoms with E-state index in [9.17, 15) is 14.4 Å². The van der Waals surface area contributed by atoms with Crippen LogP contribution in [0, 0.1) is 6.92 Å². The number of thiazole rings is 1. The second kappa shape index (κ2) is 7.14. The van der Waals surface area contributed by atoms with E-state index in [0.717, 1.165) is 25.7 Å². The van der Waals surface area contributed by atoms with Crippen molar-refractivity contribution in [2.75, 3.05) is 12.4 Å². The number of hydrogen-bond acceptors (Lipinski definition) is 5. The molecule has 0 fully saturated rings. The quantitative estimate of drug-likeness (QED) is 0.479. The van der Waals surface area contributed by atoms with Crippen molar-refractivity contribution >= 4 is 45.0 Å². The number of nitrogens with zero attached hydrogens (tertiary/aromatic N) is 2. The highest BCUT2D eigenvalue weighted by molar-refractivity contribution is 7.21. The van der Waals surface area contributed by atoms with Gasteiger partial charge in [0.1, 0.15) is 5.01 Å². The Hall–Kier alpha value is -3.84. The fourth-order valence-electron chi connectivity index (χ4n) is 3.56. The molecular weight excluding hydrogens is 410 g/mol. The predicted octanol–water partition coefficient (Wildman–Crippen LogP) is 4.75. The highest BCUT2D eigenvalue weighted by Gasteiger charge is 2.33. The van der Waals surface area contributed by atoms with Gasteiger partial charge < -0.3 is 5.32 Å². The van der Waals surface area contributed by atoms with Crippen LogP contribution in [0.15, 0.2) is 60.7 Å². The Balaban J connectivity index is 1.36. The number of carbonyl (C=O) groups is 3. The number of fused-ring (bicyclic) bond motifs is 2. The summed E-state index contributed by atoms with van der Waals surface area (Å²) in [4.78, 5) is 42.6. The van der Waals surface area contributed by atoms with Gasteiger partial charge in [0, 0.05) is 23.9 Å². The highest BCUT2D eigenvalue weighted by Crippen LogP contribution is 2.31. The van der Waals surface area contributed by atoms with Crippen molar-refractivity contribution < 1.29 is 14.4 Å². The molecule has 0 aliphatic carbocycles. The van der Waals surface area contributed by atoms with Crippen LogP contribution in [0.4, 0.5) is 5.69 Å². The van der Waals surface area contributed by atoms with Crippen molar-refractivity contribution in [3.8, 4) is 10.6 Å². The number of benzene rings is 3. The third-order valence-corrected chi connectivity index (χ3v) is 6.35. The van der Waals surface area contributed by atoms with Gasteiger partial charge in [-0.1, -0.05) is 6.07 Å². The minimum absolute atomic E-state index is 0.251. The lowest BCUT2D eigenvalue weighted by molar-refractivity contribution is 0.0693. The zero-order chi connectivity index (χ0) is 21.7. The lowest BCUT2D eigenvalue weighted by Crippen LogP contribution is -2.24. The molecule has 1 aliphatic rings. The third kappa shape index (κ3) is 3.29. The van der Waals surface area contributed by atoms with E-state index in [1.54, 1.807) is 17.4 Å². The molecule has 0 bridgehead atoms. The lowest BCUT2D eigenvalue weighted by atomic mass is 10.1. The number of nitrogens with one attached hydrogen (secondary N) is 1. The van der Waals surface area contributed by atoms with E-state index in [0.29, 0.717) is 16.8 Å². The molecule has 2 heterocycles. The van der Waals surface area contributed by atoms with Crippen molar-refractivity contribution in [2.24, 2.45) is 0 Å². The first-order valence-electron chi connectivity index (χ1n) is 9.66. The molecule has 152 valence electrons. The number of imide groups is 1. The Labute approximate surface area is 182 Å². The number of anilines is 1.